The molecule has 1 spiro atoms. The third kappa shape index (κ3) is 2.63. The first kappa shape index (κ1) is 17.8. The molecule has 0 radical (unpaired) electrons. The zero-order valence-corrected chi connectivity index (χ0v) is 15.9. The number of hydrogen-bond donors (Lipinski definition) is 0. The Balaban J connectivity index is 1.76. The van der Waals surface area contributed by atoms with Crippen LogP contribution in [0.1, 0.15) is 28.8 Å². The van der Waals surface area contributed by atoms with Gasteiger partial charge in [0.05, 0.1) is 22.2 Å². The molecule has 0 bridgehead atoms. The Morgan fingerprint density at radius 3 is 2.46 bits per heavy atom. The van der Waals surface area contributed by atoms with E-state index in [1.54, 1.807) is 18.2 Å². The summed E-state index contributed by atoms with van der Waals surface area (Å²) in [5.74, 6) is -0.421. The number of carbonyl (C=O) groups excluding carboxylic acids is 1. The summed E-state index contributed by atoms with van der Waals surface area (Å²) in [4.78, 5) is 12.1. The minimum absolute atomic E-state index is 0.0413. The number of ether oxygens (including phenoxy) is 1. The minimum atomic E-state index is -3.93. The average molecular weight is 412 g/mol. The highest BCUT2D eigenvalue weighted by molar-refractivity contribution is 7.89. The van der Waals surface area contributed by atoms with Crippen LogP contribution in [0.25, 0.3) is 0 Å². The van der Waals surface area contributed by atoms with Crippen molar-refractivity contribution in [3.63, 3.8) is 0 Å². The summed E-state index contributed by atoms with van der Waals surface area (Å²) in [6.45, 7) is 0.352. The first-order valence-corrected chi connectivity index (χ1v) is 10.3. The molecule has 1 saturated heterocycles. The molecule has 0 aliphatic carbocycles. The van der Waals surface area contributed by atoms with E-state index in [1.165, 1.54) is 16.4 Å². The van der Waals surface area contributed by atoms with Gasteiger partial charge in [-0.3, -0.25) is 0 Å². The smallest absolute Gasteiger partial charge is 0.339 e. The van der Waals surface area contributed by atoms with Gasteiger partial charge >= 0.3 is 5.97 Å². The van der Waals surface area contributed by atoms with Crippen LogP contribution in [0.5, 0.6) is 0 Å². The van der Waals surface area contributed by atoms with Crippen LogP contribution in [0, 0.1) is 0 Å². The number of rotatable bonds is 2. The van der Waals surface area contributed by atoms with Crippen LogP contribution in [0.3, 0.4) is 0 Å². The van der Waals surface area contributed by atoms with Crippen molar-refractivity contribution in [3.8, 4) is 0 Å². The zero-order valence-electron chi connectivity index (χ0n) is 13.6. The Hall–Kier alpha value is -1.60. The number of benzene rings is 2. The lowest BCUT2D eigenvalue weighted by Crippen LogP contribution is -2.48. The third-order valence-electron chi connectivity index (χ3n) is 4.86. The van der Waals surface area contributed by atoms with Crippen LogP contribution in [0.2, 0.25) is 10.0 Å². The topological polar surface area (TPSA) is 63.7 Å². The molecule has 1 atom stereocenters. The maximum Gasteiger partial charge on any atom is 0.339 e. The quantitative estimate of drug-likeness (QED) is 0.704. The molecule has 0 saturated carbocycles. The van der Waals surface area contributed by atoms with Crippen LogP contribution in [-0.2, 0) is 20.4 Å². The maximum atomic E-state index is 13.2. The van der Waals surface area contributed by atoms with Crippen molar-refractivity contribution in [2.45, 2.75) is 23.3 Å². The van der Waals surface area contributed by atoms with Gasteiger partial charge in [0.25, 0.3) is 0 Å². The molecule has 2 heterocycles. The maximum absolute atomic E-state index is 13.2. The molecule has 2 aromatic carbocycles. The number of halogens is 2. The molecule has 2 aliphatic heterocycles. The normalized spacial score (nSPS) is 23.1. The zero-order chi connectivity index (χ0) is 18.5. The number of piperidine rings is 1. The van der Waals surface area contributed by atoms with Crippen LogP contribution in [0.15, 0.2) is 47.4 Å². The van der Waals surface area contributed by atoms with Gasteiger partial charge in [0.2, 0.25) is 10.0 Å². The largest absolute Gasteiger partial charge is 0.449 e. The number of hydrogen-bond acceptors (Lipinski definition) is 4. The molecule has 2 aromatic rings. The van der Waals surface area contributed by atoms with Crippen molar-refractivity contribution < 1.29 is 17.9 Å². The van der Waals surface area contributed by atoms with Crippen molar-refractivity contribution in [2.75, 3.05) is 13.1 Å². The Labute approximate surface area is 161 Å². The van der Waals surface area contributed by atoms with Crippen molar-refractivity contribution in [3.05, 3.63) is 63.6 Å². The highest BCUT2D eigenvalue weighted by atomic mass is 35.5. The second-order valence-electron chi connectivity index (χ2n) is 6.42. The van der Waals surface area contributed by atoms with Gasteiger partial charge in [-0.05, 0) is 31.0 Å². The standard InChI is InChI=1S/C18H15Cl2NO4S/c19-14-7-3-8-15(20)16(14)26(23,24)21-10-4-9-18(11-21)13-6-2-1-5-12(13)17(22)25-18/h1-3,5-8H,4,9-11H2. The van der Waals surface area contributed by atoms with Crippen LogP contribution < -0.4 is 0 Å². The summed E-state index contributed by atoms with van der Waals surface area (Å²) < 4.78 is 33.3. The predicted octanol–water partition coefficient (Wildman–Crippen LogP) is 3.84. The van der Waals surface area contributed by atoms with E-state index in [0.29, 0.717) is 24.9 Å². The van der Waals surface area contributed by atoms with E-state index in [0.717, 1.165) is 5.56 Å². The lowest BCUT2D eigenvalue weighted by Gasteiger charge is -2.39. The highest BCUT2D eigenvalue weighted by Gasteiger charge is 2.50. The SMILES string of the molecule is O=C1OC2(CCCN(S(=O)(=O)c3c(Cl)cccc3Cl)C2)c2ccccc21. The lowest BCUT2D eigenvalue weighted by atomic mass is 9.86. The summed E-state index contributed by atoms with van der Waals surface area (Å²) in [6, 6.07) is 11.7. The van der Waals surface area contributed by atoms with Gasteiger partial charge in [0.1, 0.15) is 4.90 Å². The first-order chi connectivity index (χ1) is 12.3. The Morgan fingerprint density at radius 1 is 1.04 bits per heavy atom. The third-order valence-corrected chi connectivity index (χ3v) is 7.66. The molecule has 4 rings (SSSR count). The first-order valence-electron chi connectivity index (χ1n) is 8.12. The van der Waals surface area contributed by atoms with Gasteiger partial charge < -0.3 is 4.74 Å². The van der Waals surface area contributed by atoms with E-state index in [4.69, 9.17) is 27.9 Å². The van der Waals surface area contributed by atoms with E-state index < -0.39 is 21.6 Å². The summed E-state index contributed by atoms with van der Waals surface area (Å²) >= 11 is 12.2. The molecule has 5 nitrogen and oxygen atoms in total. The van der Waals surface area contributed by atoms with E-state index in [2.05, 4.69) is 0 Å². The highest BCUT2D eigenvalue weighted by Crippen LogP contribution is 2.44. The summed E-state index contributed by atoms with van der Waals surface area (Å²) in [6.07, 6.45) is 1.13. The predicted molar refractivity (Wildman–Crippen MR) is 98.0 cm³/mol. The Kier molecular flexibility index (Phi) is 4.27. The minimum Gasteiger partial charge on any atom is -0.449 e. The Morgan fingerprint density at radius 2 is 1.73 bits per heavy atom. The molecule has 2 aliphatic rings. The molecule has 0 amide bonds. The fourth-order valence-electron chi connectivity index (χ4n) is 3.70. The molecule has 136 valence electrons. The van der Waals surface area contributed by atoms with Gasteiger partial charge in [0, 0.05) is 12.1 Å². The van der Waals surface area contributed by atoms with Crippen molar-refractivity contribution in [2.24, 2.45) is 0 Å². The monoisotopic (exact) mass is 411 g/mol. The molecule has 0 N–H and O–H groups in total. The van der Waals surface area contributed by atoms with Crippen LogP contribution in [-0.4, -0.2) is 31.8 Å². The number of nitrogens with zero attached hydrogens (tertiary/aromatic N) is 1. The fraction of sp³-hybridized carbons (Fsp3) is 0.278. The number of fused-ring (bicyclic) bond motifs is 2. The van der Waals surface area contributed by atoms with E-state index >= 15 is 0 Å². The summed E-state index contributed by atoms with van der Waals surface area (Å²) in [5.41, 5.74) is 0.255. The van der Waals surface area contributed by atoms with E-state index in [-0.39, 0.29) is 21.5 Å². The van der Waals surface area contributed by atoms with Gasteiger partial charge in [-0.1, -0.05) is 47.5 Å². The van der Waals surface area contributed by atoms with Crippen LogP contribution >= 0.6 is 23.2 Å². The van der Waals surface area contributed by atoms with Gasteiger partial charge in [-0.15, -0.1) is 0 Å². The van der Waals surface area contributed by atoms with Crippen molar-refractivity contribution >= 4 is 39.2 Å². The number of sulfonamides is 1. The summed E-state index contributed by atoms with van der Waals surface area (Å²) in [5, 5.41) is 0.141. The van der Waals surface area contributed by atoms with Crippen LogP contribution in [0.4, 0.5) is 0 Å². The van der Waals surface area contributed by atoms with Gasteiger partial charge in [-0.2, -0.15) is 4.31 Å². The van der Waals surface area contributed by atoms with Gasteiger partial charge in [0.15, 0.2) is 5.60 Å². The molecule has 8 heteroatoms. The Bertz CT molecular complexity index is 988. The molecule has 26 heavy (non-hydrogen) atoms. The molecular weight excluding hydrogens is 397 g/mol. The summed E-state index contributed by atoms with van der Waals surface area (Å²) in [7, 11) is -3.93. The molecule has 0 aromatic heterocycles. The average Bonchev–Trinajstić information content (AvgIpc) is 2.87. The fourth-order valence-corrected chi connectivity index (χ4v) is 6.31. The van der Waals surface area contributed by atoms with E-state index in [1.807, 2.05) is 12.1 Å². The molecule has 1 fully saturated rings. The van der Waals surface area contributed by atoms with Gasteiger partial charge in [-0.25, -0.2) is 13.2 Å². The lowest BCUT2D eigenvalue weighted by molar-refractivity contribution is -0.0345. The second kappa shape index (κ2) is 6.23. The molecular formula is C18H15Cl2NO4S. The van der Waals surface area contributed by atoms with Crippen molar-refractivity contribution in [1.29, 1.82) is 0 Å². The second-order valence-corrected chi connectivity index (χ2v) is 9.11. The number of carbonyl (C=O) groups is 1. The molecule has 1 unspecified atom stereocenters. The van der Waals surface area contributed by atoms with Crippen molar-refractivity contribution in [1.82, 2.24) is 4.31 Å². The number of esters is 1. The van der Waals surface area contributed by atoms with E-state index in [9.17, 15) is 13.2 Å².